The van der Waals surface area contributed by atoms with E-state index in [2.05, 4.69) is 85.1 Å². The molecule has 2 aromatic carbocycles. The predicted molar refractivity (Wildman–Crippen MR) is 454 cm³/mol. The van der Waals surface area contributed by atoms with Crippen molar-refractivity contribution in [2.75, 3.05) is 58.6 Å². The van der Waals surface area contributed by atoms with Crippen LogP contribution in [0.15, 0.2) is 48.5 Å². The van der Waals surface area contributed by atoms with Gasteiger partial charge in [-0.05, 0) is 132 Å². The second-order valence-corrected chi connectivity index (χ2v) is 31.9. The lowest BCUT2D eigenvalue weighted by molar-refractivity contribution is -0.141. The van der Waals surface area contributed by atoms with Crippen molar-refractivity contribution in [3.63, 3.8) is 0 Å². The molecular formula is C80H120N22O23S. The fraction of sp³-hybridized carbons (Fsp3) is 0.588. The van der Waals surface area contributed by atoms with Crippen molar-refractivity contribution in [1.82, 2.24) is 90.0 Å². The normalized spacial score (nSPS) is 20.5. The number of guanidine groups is 1. The first kappa shape index (κ1) is 104. The third kappa shape index (κ3) is 39.8. The number of aromatic hydroxyl groups is 2. The molecule has 46 heteroatoms. The van der Waals surface area contributed by atoms with Crippen LogP contribution < -0.4 is 102 Å². The van der Waals surface area contributed by atoms with Gasteiger partial charge in [0, 0.05) is 90.5 Å². The van der Waals surface area contributed by atoms with Crippen molar-refractivity contribution in [2.24, 2.45) is 17.2 Å². The van der Waals surface area contributed by atoms with E-state index in [1.54, 1.807) is 0 Å². The van der Waals surface area contributed by atoms with E-state index in [0.717, 1.165) is 11.8 Å². The second kappa shape index (κ2) is 55.5. The molecule has 11 atom stereocenters. The topological polar surface area (TPSA) is 727 Å². The van der Waals surface area contributed by atoms with E-state index in [0.29, 0.717) is 56.1 Å². The number of aliphatic carboxylic acids is 2. The fourth-order valence-electron chi connectivity index (χ4n) is 13.4. The number of carbonyl (C=O) groups is 19. The molecular weight excluding hydrogens is 1670 g/mol. The third-order valence-electron chi connectivity index (χ3n) is 20.4. The van der Waals surface area contributed by atoms with Gasteiger partial charge < -0.3 is 123 Å². The van der Waals surface area contributed by atoms with E-state index in [4.69, 9.17) is 28.0 Å². The Morgan fingerprint density at radius 2 is 0.865 bits per heavy atom. The zero-order valence-electron chi connectivity index (χ0n) is 70.4. The molecule has 5 unspecified atom stereocenters. The van der Waals surface area contributed by atoms with Gasteiger partial charge in [-0.25, -0.2) is 0 Å². The van der Waals surface area contributed by atoms with Crippen LogP contribution in [-0.4, -0.2) is 274 Å². The number of hydrogen-bond acceptors (Lipinski definition) is 25. The highest BCUT2D eigenvalue weighted by atomic mass is 32.2. The van der Waals surface area contributed by atoms with Gasteiger partial charge in [0.2, 0.25) is 100 Å². The third-order valence-corrected chi connectivity index (χ3v) is 21.7. The molecule has 126 heavy (non-hydrogen) atoms. The number of amides is 17. The predicted octanol–water partition coefficient (Wildman–Crippen LogP) is -5.26. The molecule has 0 saturated carbocycles. The summed E-state index contributed by atoms with van der Waals surface area (Å²) in [6.07, 6.45) is 0.258. The average Bonchev–Trinajstić information content (AvgIpc) is 0.998. The lowest BCUT2D eigenvalue weighted by Crippen LogP contribution is -2.58. The van der Waals surface area contributed by atoms with Gasteiger partial charge in [-0.1, -0.05) is 43.5 Å². The Bertz CT molecular complexity index is 4140. The van der Waals surface area contributed by atoms with Gasteiger partial charge in [0.25, 0.3) is 0 Å². The molecule has 3 heterocycles. The number of carboxylic acid groups (broad SMARTS) is 2. The SMILES string of the molecule is CNC(=O)CCCCCN1C(=O)CC(SCC(N)C(=O)NCCCCCC(=O)NC(CCC(=O)NCCCCC2NC(=O)[C@@H](CCCNC(=N)N)NC(=O)CNC(=O)[C@@H](CC(=O)O)NC(=O)[C@H](Cc3ccc(O)cc3)NC2=O)C(=O)NCCCCC2NC(=O)[C@@H](CCCCC(=N)N)NC(=O)CNC(=O)[C@@H](CC(=O)O)NC(=O)[C@H](Cc3ccc(O)cc3)NC2=O)C1=O. The number of imide groups is 1. The number of carbonyl (C=O) groups excluding carboxylic acids is 17. The maximum atomic E-state index is 14.6. The molecule has 0 aromatic heterocycles. The van der Waals surface area contributed by atoms with Crippen LogP contribution in [0.25, 0.3) is 0 Å². The van der Waals surface area contributed by atoms with Crippen molar-refractivity contribution >= 4 is 136 Å². The Morgan fingerprint density at radius 3 is 1.34 bits per heavy atom. The van der Waals surface area contributed by atoms with Gasteiger partial charge in [-0.15, -0.1) is 11.8 Å². The summed E-state index contributed by atoms with van der Waals surface area (Å²) in [5.74, 6) is -16.9. The second-order valence-electron chi connectivity index (χ2n) is 30.6. The number of benzene rings is 2. The molecule has 0 radical (unpaired) electrons. The van der Waals surface area contributed by atoms with Crippen LogP contribution in [0.1, 0.15) is 172 Å². The number of likely N-dealkylation sites (tertiary alicyclic amines) is 1. The zero-order valence-corrected chi connectivity index (χ0v) is 71.2. The molecule has 3 aliphatic heterocycles. The summed E-state index contributed by atoms with van der Waals surface area (Å²) in [4.78, 5) is 256. The summed E-state index contributed by atoms with van der Waals surface area (Å²) in [5, 5.41) is 94.6. The summed E-state index contributed by atoms with van der Waals surface area (Å²) in [7, 11) is 1.54. The first-order chi connectivity index (χ1) is 60.0. The number of hydrogen-bond donors (Lipinski definition) is 25. The van der Waals surface area contributed by atoms with Crippen LogP contribution in [0.4, 0.5) is 0 Å². The van der Waals surface area contributed by atoms with Crippen molar-refractivity contribution in [3.8, 4) is 11.5 Å². The molecule has 28 N–H and O–H groups in total. The smallest absolute Gasteiger partial charge is 0.305 e. The van der Waals surface area contributed by atoms with E-state index >= 15 is 0 Å². The van der Waals surface area contributed by atoms with Gasteiger partial charge >= 0.3 is 11.9 Å². The van der Waals surface area contributed by atoms with Crippen molar-refractivity contribution < 1.29 is 112 Å². The number of amidine groups is 1. The minimum absolute atomic E-state index is 0.0322. The highest BCUT2D eigenvalue weighted by Gasteiger charge is 2.40. The van der Waals surface area contributed by atoms with Crippen LogP contribution in [0.3, 0.4) is 0 Å². The molecule has 17 amide bonds. The minimum atomic E-state index is -1.77. The van der Waals surface area contributed by atoms with E-state index in [1.807, 2.05) is 0 Å². The lowest BCUT2D eigenvalue weighted by Gasteiger charge is -2.26. The Labute approximate surface area is 731 Å². The number of thioether (sulfide) groups is 1. The number of phenolic OH excluding ortho intramolecular Hbond substituents is 2. The highest BCUT2D eigenvalue weighted by Crippen LogP contribution is 2.27. The Morgan fingerprint density at radius 1 is 0.460 bits per heavy atom. The van der Waals surface area contributed by atoms with E-state index in [1.165, 1.54) is 60.5 Å². The average molecular weight is 1790 g/mol. The summed E-state index contributed by atoms with van der Waals surface area (Å²) in [6.45, 7) is -1.37. The lowest BCUT2D eigenvalue weighted by atomic mass is 10.0. The van der Waals surface area contributed by atoms with Crippen LogP contribution in [0.2, 0.25) is 0 Å². The van der Waals surface area contributed by atoms with Crippen molar-refractivity contribution in [2.45, 2.75) is 239 Å². The summed E-state index contributed by atoms with van der Waals surface area (Å²) in [6, 6.07) is -3.82. The molecule has 5 rings (SSSR count). The van der Waals surface area contributed by atoms with Crippen molar-refractivity contribution in [1.29, 1.82) is 10.8 Å². The fourth-order valence-corrected chi connectivity index (χ4v) is 14.5. The first-order valence-corrected chi connectivity index (χ1v) is 42.9. The molecule has 3 saturated heterocycles. The quantitative estimate of drug-likeness (QED) is 0.0127. The zero-order chi connectivity index (χ0) is 92.8. The molecule has 3 fully saturated rings. The number of carboxylic acids is 2. The molecule has 3 aliphatic rings. The number of nitrogens with zero attached hydrogens (tertiary/aromatic N) is 1. The van der Waals surface area contributed by atoms with Gasteiger partial charge in [-0.2, -0.15) is 0 Å². The van der Waals surface area contributed by atoms with Gasteiger partial charge in [0.15, 0.2) is 5.96 Å². The Balaban J connectivity index is 1.31. The van der Waals surface area contributed by atoms with Crippen LogP contribution in [0, 0.1) is 10.8 Å². The summed E-state index contributed by atoms with van der Waals surface area (Å²) >= 11 is 1.10. The van der Waals surface area contributed by atoms with Gasteiger partial charge in [-0.3, -0.25) is 107 Å². The minimum Gasteiger partial charge on any atom is -0.508 e. The van der Waals surface area contributed by atoms with Gasteiger partial charge in [0.05, 0.1) is 43.1 Å². The molecule has 0 aliphatic carbocycles. The number of rotatable bonds is 48. The maximum Gasteiger partial charge on any atom is 0.305 e. The van der Waals surface area contributed by atoms with Crippen LogP contribution in [0.5, 0.6) is 11.5 Å². The number of unbranched alkanes of at least 4 members (excludes halogenated alkanes) is 7. The van der Waals surface area contributed by atoms with Crippen molar-refractivity contribution in [3.05, 3.63) is 59.7 Å². The molecule has 0 spiro atoms. The number of phenols is 2. The molecule has 694 valence electrons. The molecule has 2 aromatic rings. The number of nitrogens with two attached hydrogens (primary N) is 3. The summed E-state index contributed by atoms with van der Waals surface area (Å²) in [5.41, 5.74) is 17.9. The largest absolute Gasteiger partial charge is 0.508 e. The highest BCUT2D eigenvalue weighted by molar-refractivity contribution is 8.00. The van der Waals surface area contributed by atoms with Crippen LogP contribution >= 0.6 is 11.8 Å². The Hall–Kier alpha value is -12.8. The van der Waals surface area contributed by atoms with E-state index in [9.17, 15) is 112 Å². The van der Waals surface area contributed by atoms with Gasteiger partial charge in [0.1, 0.15) is 65.9 Å². The summed E-state index contributed by atoms with van der Waals surface area (Å²) < 4.78 is 0. The Kier molecular flexibility index (Phi) is 45.7. The van der Waals surface area contributed by atoms with E-state index in [-0.39, 0.29) is 195 Å². The molecule has 45 nitrogen and oxygen atoms in total. The maximum absolute atomic E-state index is 14.6. The monoisotopic (exact) mass is 1790 g/mol. The first-order valence-electron chi connectivity index (χ1n) is 41.9. The standard InChI is InChI=1S/C80H120N22O23S/c1-86-61(105)20-5-3-13-36-102-66(110)41-59(79(102)125)126-44-49(81)69(115)88-33-10-2-4-21-63(107)93-54(70(116)89-34-12-9-17-53-76(122)99-56(38-46-24-28-48(104)29-25-46)78(124)100-57(39-67(111)112)71(117)91-42-64(108)94-50(73(119)96-53)15-6-7-19-60(82)83)30-31-62(106)87-32-11-8-16-52-75(121)98-55(37-45-22-26-47(103)27-23-45)77(123)101-58(40-68(113)114)72(118)92-43-65(109)95-51(74(120)97-52)18-14-35-90-80(84)85/h22-29,49-59,103-104H,2-21,30-44,81H2,1H3,(H3,82,83)(H,86,105)(H,87,106)(H,88,115)(H,89,116)(H,91,117)(H,92,118)(H,93,107)(H,94,108)(H,95,109)(H,96,119)(H,97,120)(H,98,121)(H,99,122)(H,100,124)(H,101,123)(H,111,112)(H,113,114)(H4,84,85,90)/t49?,50-,51-,52?,53?,54?,55+,56+,57-,58-,59?/m1/s1. The van der Waals surface area contributed by atoms with Crippen LogP contribution in [-0.2, 0) is 104 Å². The number of nitrogens with one attached hydrogen (secondary N) is 18. The van der Waals surface area contributed by atoms with E-state index < -0.39 is 186 Å². The molecule has 0 bridgehead atoms.